The first-order valence-electron chi connectivity index (χ1n) is 9.73. The molecule has 0 aliphatic heterocycles. The van der Waals surface area contributed by atoms with Crippen LogP contribution in [0.15, 0.2) is 36.8 Å². The van der Waals surface area contributed by atoms with Crippen LogP contribution in [0, 0.1) is 0 Å². The second-order valence-electron chi connectivity index (χ2n) is 6.29. The summed E-state index contributed by atoms with van der Waals surface area (Å²) in [6.45, 7) is 4.55. The van der Waals surface area contributed by atoms with Crippen LogP contribution >= 0.6 is 0 Å². The summed E-state index contributed by atoms with van der Waals surface area (Å²) >= 11 is 0. The van der Waals surface area contributed by atoms with Crippen LogP contribution < -0.4 is 20.1 Å². The van der Waals surface area contributed by atoms with Crippen molar-refractivity contribution in [2.24, 2.45) is 0 Å². The molecular weight excluding hydrogens is 388 g/mol. The first-order chi connectivity index (χ1) is 14.7. The number of amides is 1. The van der Waals surface area contributed by atoms with Crippen molar-refractivity contribution in [3.63, 3.8) is 0 Å². The SMILES string of the molecule is CCOc1ccc(OCC(=O)NCCn2ncc3c(NCCOC)ncnc32)cc1. The Labute approximate surface area is 174 Å². The summed E-state index contributed by atoms with van der Waals surface area (Å²) in [6, 6.07) is 7.15. The number of anilines is 1. The standard InChI is InChI=1S/C20H26N6O4/c1-3-29-15-4-6-16(7-5-15)30-13-18(27)21-8-10-26-20-17(12-25-26)19(23-14-24-20)22-9-11-28-2/h4-7,12,14H,3,8-11,13H2,1-2H3,(H,21,27)(H,22,23,24). The number of nitrogens with one attached hydrogen (secondary N) is 2. The van der Waals surface area contributed by atoms with Gasteiger partial charge in [-0.2, -0.15) is 5.10 Å². The fourth-order valence-corrected chi connectivity index (χ4v) is 2.77. The number of methoxy groups -OCH3 is 1. The van der Waals surface area contributed by atoms with Crippen LogP contribution in [0.2, 0.25) is 0 Å². The number of benzene rings is 1. The molecular formula is C20H26N6O4. The maximum atomic E-state index is 12.0. The molecule has 0 aliphatic rings. The van der Waals surface area contributed by atoms with Crippen molar-refractivity contribution in [1.82, 2.24) is 25.1 Å². The lowest BCUT2D eigenvalue weighted by molar-refractivity contribution is -0.123. The highest BCUT2D eigenvalue weighted by Gasteiger charge is 2.10. The highest BCUT2D eigenvalue weighted by Crippen LogP contribution is 2.18. The molecule has 0 radical (unpaired) electrons. The molecule has 10 nitrogen and oxygen atoms in total. The summed E-state index contributed by atoms with van der Waals surface area (Å²) in [5.74, 6) is 1.87. The lowest BCUT2D eigenvalue weighted by atomic mass is 10.3. The summed E-state index contributed by atoms with van der Waals surface area (Å²) in [5, 5.41) is 11.2. The second kappa shape index (κ2) is 11.0. The summed E-state index contributed by atoms with van der Waals surface area (Å²) in [4.78, 5) is 20.6. The van der Waals surface area contributed by atoms with Crippen LogP contribution in [0.25, 0.3) is 11.0 Å². The number of hydrogen-bond acceptors (Lipinski definition) is 8. The number of carbonyl (C=O) groups excluding carboxylic acids is 1. The summed E-state index contributed by atoms with van der Waals surface area (Å²) < 4.78 is 17.6. The zero-order valence-electron chi connectivity index (χ0n) is 17.1. The number of nitrogens with zero attached hydrogens (tertiary/aromatic N) is 4. The molecule has 0 saturated carbocycles. The summed E-state index contributed by atoms with van der Waals surface area (Å²) in [7, 11) is 1.65. The van der Waals surface area contributed by atoms with E-state index in [1.807, 2.05) is 6.92 Å². The summed E-state index contributed by atoms with van der Waals surface area (Å²) in [5.41, 5.74) is 0.699. The van der Waals surface area contributed by atoms with Crippen molar-refractivity contribution < 1.29 is 19.0 Å². The van der Waals surface area contributed by atoms with Gasteiger partial charge in [0.2, 0.25) is 0 Å². The quantitative estimate of drug-likeness (QED) is 0.429. The topological polar surface area (TPSA) is 112 Å². The normalized spacial score (nSPS) is 10.7. The fourth-order valence-electron chi connectivity index (χ4n) is 2.77. The van der Waals surface area contributed by atoms with E-state index >= 15 is 0 Å². The number of rotatable bonds is 12. The van der Waals surface area contributed by atoms with Crippen LogP contribution in [-0.4, -0.2) is 65.7 Å². The van der Waals surface area contributed by atoms with E-state index in [0.717, 1.165) is 11.1 Å². The maximum Gasteiger partial charge on any atom is 0.258 e. The first-order valence-corrected chi connectivity index (χ1v) is 9.73. The number of carbonyl (C=O) groups is 1. The molecule has 160 valence electrons. The van der Waals surface area contributed by atoms with E-state index < -0.39 is 0 Å². The van der Waals surface area contributed by atoms with Gasteiger partial charge in [-0.25, -0.2) is 14.6 Å². The number of aromatic nitrogens is 4. The molecule has 0 bridgehead atoms. The predicted molar refractivity (Wildman–Crippen MR) is 112 cm³/mol. The van der Waals surface area contributed by atoms with Gasteiger partial charge in [-0.05, 0) is 31.2 Å². The van der Waals surface area contributed by atoms with Gasteiger partial charge in [0.1, 0.15) is 23.6 Å². The van der Waals surface area contributed by atoms with Crippen molar-refractivity contribution in [2.75, 3.05) is 45.3 Å². The van der Waals surface area contributed by atoms with E-state index in [0.29, 0.717) is 50.1 Å². The molecule has 0 atom stereocenters. The highest BCUT2D eigenvalue weighted by atomic mass is 16.5. The van der Waals surface area contributed by atoms with E-state index in [4.69, 9.17) is 14.2 Å². The van der Waals surface area contributed by atoms with Gasteiger partial charge >= 0.3 is 0 Å². The zero-order valence-corrected chi connectivity index (χ0v) is 17.1. The zero-order chi connectivity index (χ0) is 21.2. The molecule has 2 heterocycles. The summed E-state index contributed by atoms with van der Waals surface area (Å²) in [6.07, 6.45) is 3.19. The van der Waals surface area contributed by atoms with Crippen molar-refractivity contribution in [1.29, 1.82) is 0 Å². The van der Waals surface area contributed by atoms with Gasteiger partial charge in [0.25, 0.3) is 5.91 Å². The van der Waals surface area contributed by atoms with E-state index in [1.54, 1.807) is 42.3 Å². The minimum atomic E-state index is -0.211. The van der Waals surface area contributed by atoms with Gasteiger partial charge in [0.05, 0.1) is 31.3 Å². The molecule has 3 aromatic rings. The van der Waals surface area contributed by atoms with Crippen molar-refractivity contribution in [2.45, 2.75) is 13.5 Å². The third-order valence-corrected chi connectivity index (χ3v) is 4.18. The maximum absolute atomic E-state index is 12.0. The van der Waals surface area contributed by atoms with Gasteiger partial charge in [0, 0.05) is 20.2 Å². The number of fused-ring (bicyclic) bond motifs is 1. The van der Waals surface area contributed by atoms with E-state index in [2.05, 4.69) is 25.7 Å². The van der Waals surface area contributed by atoms with Crippen molar-refractivity contribution in [3.05, 3.63) is 36.8 Å². The van der Waals surface area contributed by atoms with E-state index in [1.165, 1.54) is 6.33 Å². The second-order valence-corrected chi connectivity index (χ2v) is 6.29. The van der Waals surface area contributed by atoms with Crippen LogP contribution in [0.1, 0.15) is 6.92 Å². The number of ether oxygens (including phenoxy) is 3. The smallest absolute Gasteiger partial charge is 0.258 e. The highest BCUT2D eigenvalue weighted by molar-refractivity contribution is 5.86. The lowest BCUT2D eigenvalue weighted by Crippen LogP contribution is -2.31. The molecule has 0 aliphatic carbocycles. The van der Waals surface area contributed by atoms with Crippen LogP contribution in [-0.2, 0) is 16.1 Å². The average molecular weight is 414 g/mol. The van der Waals surface area contributed by atoms with Gasteiger partial charge in [-0.15, -0.1) is 0 Å². The number of hydrogen-bond donors (Lipinski definition) is 2. The van der Waals surface area contributed by atoms with Gasteiger partial charge in [0.15, 0.2) is 12.3 Å². The Morgan fingerprint density at radius 1 is 1.10 bits per heavy atom. The molecule has 0 unspecified atom stereocenters. The van der Waals surface area contributed by atoms with Gasteiger partial charge in [-0.1, -0.05) is 0 Å². The molecule has 10 heteroatoms. The van der Waals surface area contributed by atoms with Gasteiger partial charge < -0.3 is 24.8 Å². The Morgan fingerprint density at radius 3 is 2.60 bits per heavy atom. The van der Waals surface area contributed by atoms with E-state index in [-0.39, 0.29) is 12.5 Å². The largest absolute Gasteiger partial charge is 0.494 e. The Kier molecular flexibility index (Phi) is 7.78. The van der Waals surface area contributed by atoms with Crippen molar-refractivity contribution in [3.8, 4) is 11.5 Å². The molecule has 30 heavy (non-hydrogen) atoms. The third kappa shape index (κ3) is 5.80. The average Bonchev–Trinajstić information content (AvgIpc) is 3.18. The lowest BCUT2D eigenvalue weighted by Gasteiger charge is -2.09. The Morgan fingerprint density at radius 2 is 1.87 bits per heavy atom. The molecule has 0 fully saturated rings. The van der Waals surface area contributed by atoms with Crippen LogP contribution in [0.4, 0.5) is 5.82 Å². The Bertz CT molecular complexity index is 944. The molecule has 1 aromatic carbocycles. The molecule has 0 spiro atoms. The monoisotopic (exact) mass is 414 g/mol. The first kappa shape index (κ1) is 21.3. The predicted octanol–water partition coefficient (Wildman–Crippen LogP) is 1.48. The minimum Gasteiger partial charge on any atom is -0.494 e. The van der Waals surface area contributed by atoms with Crippen LogP contribution in [0.3, 0.4) is 0 Å². The molecule has 1 amide bonds. The van der Waals surface area contributed by atoms with Crippen molar-refractivity contribution >= 4 is 22.8 Å². The molecule has 2 N–H and O–H groups in total. The molecule has 3 rings (SSSR count). The fraction of sp³-hybridized carbons (Fsp3) is 0.400. The Hall–Kier alpha value is -3.40. The molecule has 2 aromatic heterocycles. The third-order valence-electron chi connectivity index (χ3n) is 4.18. The minimum absolute atomic E-state index is 0.0659. The van der Waals surface area contributed by atoms with Gasteiger partial charge in [-0.3, -0.25) is 4.79 Å². The molecule has 0 saturated heterocycles. The van der Waals surface area contributed by atoms with E-state index in [9.17, 15) is 4.79 Å². The van der Waals surface area contributed by atoms with Crippen LogP contribution in [0.5, 0.6) is 11.5 Å². The Balaban J connectivity index is 1.46.